The summed E-state index contributed by atoms with van der Waals surface area (Å²) in [6.07, 6.45) is 3.66. The summed E-state index contributed by atoms with van der Waals surface area (Å²) in [7, 11) is 0. The number of anilines is 1. The number of nitrogens with zero attached hydrogens (tertiary/aromatic N) is 4. The van der Waals surface area contributed by atoms with Crippen LogP contribution in [0.5, 0.6) is 0 Å². The van der Waals surface area contributed by atoms with Crippen LogP contribution in [0.4, 0.5) is 11.5 Å². The van der Waals surface area contributed by atoms with Gasteiger partial charge in [0.2, 0.25) is 5.82 Å². The fourth-order valence-corrected chi connectivity index (χ4v) is 4.06. The molecule has 0 spiro atoms. The molecule has 2 aromatic heterocycles. The maximum Gasteiger partial charge on any atom is 0.376 e. The van der Waals surface area contributed by atoms with E-state index in [1.807, 2.05) is 24.3 Å². The van der Waals surface area contributed by atoms with Gasteiger partial charge in [-0.05, 0) is 49.7 Å². The summed E-state index contributed by atoms with van der Waals surface area (Å²) in [5.74, 6) is -0.0255. The highest BCUT2D eigenvalue weighted by Gasteiger charge is 2.28. The van der Waals surface area contributed by atoms with E-state index in [0.717, 1.165) is 31.5 Å². The van der Waals surface area contributed by atoms with Gasteiger partial charge in [0, 0.05) is 17.8 Å². The molecule has 1 atom stereocenters. The van der Waals surface area contributed by atoms with E-state index in [0.29, 0.717) is 17.2 Å². The number of benzene rings is 1. The number of nitro groups is 1. The molecule has 3 heterocycles. The first kappa shape index (κ1) is 19.4. The van der Waals surface area contributed by atoms with Gasteiger partial charge in [0.15, 0.2) is 0 Å². The van der Waals surface area contributed by atoms with Crippen LogP contribution in [-0.4, -0.2) is 38.8 Å². The Morgan fingerprint density at radius 2 is 1.90 bits per heavy atom. The van der Waals surface area contributed by atoms with Crippen molar-refractivity contribution in [1.82, 2.24) is 14.3 Å². The number of nitrogens with one attached hydrogen (secondary N) is 1. The summed E-state index contributed by atoms with van der Waals surface area (Å²) in [5.41, 5.74) is 0.0244. The van der Waals surface area contributed by atoms with Crippen LogP contribution in [0.1, 0.15) is 24.4 Å². The van der Waals surface area contributed by atoms with Crippen molar-refractivity contribution in [1.29, 1.82) is 0 Å². The van der Waals surface area contributed by atoms with Crippen molar-refractivity contribution in [2.45, 2.75) is 18.9 Å². The zero-order chi connectivity index (χ0) is 20.4. The highest BCUT2D eigenvalue weighted by Crippen LogP contribution is 2.31. The largest absolute Gasteiger partial charge is 0.376 e. The Labute approximate surface area is 171 Å². The number of halogens is 1. The summed E-state index contributed by atoms with van der Waals surface area (Å²) < 4.78 is 1.18. The van der Waals surface area contributed by atoms with Gasteiger partial charge in [0.05, 0.1) is 11.0 Å². The molecule has 0 aliphatic carbocycles. The molecule has 29 heavy (non-hydrogen) atoms. The predicted octanol–water partition coefficient (Wildman–Crippen LogP) is 3.51. The number of pyridine rings is 1. The van der Waals surface area contributed by atoms with Gasteiger partial charge in [-0.2, -0.15) is 0 Å². The smallest absolute Gasteiger partial charge is 0.362 e. The second-order valence-electron chi connectivity index (χ2n) is 6.96. The van der Waals surface area contributed by atoms with Crippen molar-refractivity contribution in [2.75, 3.05) is 25.0 Å². The zero-order valence-corrected chi connectivity index (χ0v) is 16.4. The number of likely N-dealkylation sites (tertiary alicyclic amines) is 1. The van der Waals surface area contributed by atoms with Crippen LogP contribution in [0.2, 0.25) is 5.02 Å². The fraction of sp³-hybridized carbons (Fsp3) is 0.300. The normalized spacial score (nSPS) is 15.5. The summed E-state index contributed by atoms with van der Waals surface area (Å²) >= 11 is 6.43. The van der Waals surface area contributed by atoms with Crippen LogP contribution in [-0.2, 0) is 0 Å². The van der Waals surface area contributed by atoms with Crippen molar-refractivity contribution in [2.24, 2.45) is 0 Å². The molecule has 8 nitrogen and oxygen atoms in total. The molecule has 9 heteroatoms. The van der Waals surface area contributed by atoms with Gasteiger partial charge >= 0.3 is 11.2 Å². The maximum atomic E-state index is 12.6. The first-order valence-electron chi connectivity index (χ1n) is 9.44. The molecule has 1 aliphatic rings. The van der Waals surface area contributed by atoms with Crippen molar-refractivity contribution < 1.29 is 4.92 Å². The van der Waals surface area contributed by atoms with Crippen molar-refractivity contribution in [3.8, 4) is 0 Å². The van der Waals surface area contributed by atoms with Crippen LogP contribution in [0.15, 0.2) is 53.5 Å². The minimum Gasteiger partial charge on any atom is -0.362 e. The van der Waals surface area contributed by atoms with Gasteiger partial charge in [0.1, 0.15) is 5.65 Å². The van der Waals surface area contributed by atoms with E-state index in [1.54, 1.807) is 18.2 Å². The zero-order valence-electron chi connectivity index (χ0n) is 15.6. The van der Waals surface area contributed by atoms with E-state index in [-0.39, 0.29) is 11.9 Å². The average Bonchev–Trinajstić information content (AvgIpc) is 3.24. The van der Waals surface area contributed by atoms with E-state index in [4.69, 9.17) is 11.6 Å². The predicted molar refractivity (Wildman–Crippen MR) is 112 cm³/mol. The molecule has 1 N–H and O–H groups in total. The number of rotatable bonds is 6. The summed E-state index contributed by atoms with van der Waals surface area (Å²) in [6.45, 7) is 2.20. The van der Waals surface area contributed by atoms with Gasteiger partial charge < -0.3 is 5.32 Å². The van der Waals surface area contributed by atoms with Gasteiger partial charge in [-0.1, -0.05) is 35.9 Å². The quantitative estimate of drug-likeness (QED) is 0.491. The minimum absolute atomic E-state index is 0.0255. The van der Waals surface area contributed by atoms with Gasteiger partial charge in [-0.3, -0.25) is 24.2 Å². The lowest BCUT2D eigenvalue weighted by atomic mass is 10.1. The Bertz CT molecular complexity index is 1110. The molecule has 1 saturated heterocycles. The van der Waals surface area contributed by atoms with Crippen LogP contribution in [0.25, 0.3) is 5.65 Å². The highest BCUT2D eigenvalue weighted by molar-refractivity contribution is 6.31. The average molecular weight is 414 g/mol. The van der Waals surface area contributed by atoms with E-state index >= 15 is 0 Å². The van der Waals surface area contributed by atoms with Gasteiger partial charge in [0.25, 0.3) is 0 Å². The maximum absolute atomic E-state index is 12.6. The Hall–Kier alpha value is -2.97. The molecule has 4 rings (SSSR count). The summed E-state index contributed by atoms with van der Waals surface area (Å²) in [4.78, 5) is 30.2. The minimum atomic E-state index is -0.710. The first-order chi connectivity index (χ1) is 14.1. The lowest BCUT2D eigenvalue weighted by Crippen LogP contribution is -2.32. The lowest BCUT2D eigenvalue weighted by molar-refractivity contribution is -0.385. The number of hydrogen-bond donors (Lipinski definition) is 1. The molecule has 3 aromatic rings. The summed E-state index contributed by atoms with van der Waals surface area (Å²) in [5, 5.41) is 15.3. The standard InChI is InChI=1S/C20H20ClN5O3/c21-15-8-2-1-7-14(15)16(24-10-5-6-11-24)13-22-19-18(26(28)29)20(27)25-12-4-3-9-17(25)23-19/h1-4,7-9,12,16,22H,5-6,10-11,13H2. The van der Waals surface area contributed by atoms with Crippen molar-refractivity contribution >= 4 is 28.8 Å². The fourth-order valence-electron chi connectivity index (χ4n) is 3.80. The molecule has 1 fully saturated rings. The Morgan fingerprint density at radius 3 is 2.62 bits per heavy atom. The van der Waals surface area contributed by atoms with E-state index < -0.39 is 16.2 Å². The second kappa shape index (κ2) is 8.18. The number of fused-ring (bicyclic) bond motifs is 1. The van der Waals surface area contributed by atoms with Crippen LogP contribution in [0.3, 0.4) is 0 Å². The molecule has 0 amide bonds. The number of hydrogen-bond acceptors (Lipinski definition) is 6. The summed E-state index contributed by atoms with van der Waals surface area (Å²) in [6, 6.07) is 12.5. The van der Waals surface area contributed by atoms with Crippen molar-refractivity contribution in [3.05, 3.63) is 79.7 Å². The molecule has 1 unspecified atom stereocenters. The SMILES string of the molecule is O=c1c([N+](=O)[O-])c(NCC(c2ccccc2Cl)N2CCCC2)nc2ccccn12. The van der Waals surface area contributed by atoms with E-state index in [1.165, 1.54) is 10.6 Å². The van der Waals surface area contributed by atoms with Crippen LogP contribution >= 0.6 is 11.6 Å². The molecule has 150 valence electrons. The lowest BCUT2D eigenvalue weighted by Gasteiger charge is -2.29. The van der Waals surface area contributed by atoms with Crippen LogP contribution in [0, 0.1) is 10.1 Å². The second-order valence-corrected chi connectivity index (χ2v) is 7.37. The Morgan fingerprint density at radius 1 is 1.17 bits per heavy atom. The van der Waals surface area contributed by atoms with Crippen LogP contribution < -0.4 is 10.9 Å². The van der Waals surface area contributed by atoms with E-state index in [9.17, 15) is 14.9 Å². The third-order valence-electron chi connectivity index (χ3n) is 5.20. The third-order valence-corrected chi connectivity index (χ3v) is 5.55. The Balaban J connectivity index is 1.71. The van der Waals surface area contributed by atoms with E-state index in [2.05, 4.69) is 15.2 Å². The number of aromatic nitrogens is 2. The molecule has 0 bridgehead atoms. The molecule has 1 aromatic carbocycles. The molecule has 0 saturated carbocycles. The molecular weight excluding hydrogens is 394 g/mol. The Kier molecular flexibility index (Phi) is 5.46. The first-order valence-corrected chi connectivity index (χ1v) is 9.82. The van der Waals surface area contributed by atoms with Gasteiger partial charge in [-0.15, -0.1) is 0 Å². The topological polar surface area (TPSA) is 92.8 Å². The molecular formula is C20H20ClN5O3. The highest BCUT2D eigenvalue weighted by atomic mass is 35.5. The molecule has 0 radical (unpaired) electrons. The van der Waals surface area contributed by atoms with Gasteiger partial charge in [-0.25, -0.2) is 4.98 Å². The third kappa shape index (κ3) is 3.81. The molecule has 1 aliphatic heterocycles. The monoisotopic (exact) mass is 413 g/mol. The van der Waals surface area contributed by atoms with Crippen molar-refractivity contribution in [3.63, 3.8) is 0 Å².